The lowest BCUT2D eigenvalue weighted by Crippen LogP contribution is -2.53. The zero-order valence-electron chi connectivity index (χ0n) is 66.8. The topological polar surface area (TPSA) is 105 Å². The molecule has 7 saturated carbocycles. The lowest BCUT2D eigenvalue weighted by atomic mass is 9.56. The Morgan fingerprint density at radius 2 is 0.538 bits per heavy atom. The number of Topliss-reactive ketones (excluding diaryl/α,β-unsaturated/α-hetero) is 4. The molecule has 0 aromatic heterocycles. The second kappa shape index (κ2) is 46.6. The third-order valence-corrected chi connectivity index (χ3v) is 30.0. The Morgan fingerprint density at radius 3 is 0.904 bits per heavy atom. The number of allylic oxidation sites excluding steroid dienone is 8. The number of fused-ring (bicyclic) bond motifs is 2. The Hall–Kier alpha value is -1.36. The van der Waals surface area contributed by atoms with Gasteiger partial charge in [-0.25, -0.2) is 0 Å². The maximum absolute atomic E-state index is 14.9. The fourth-order valence-corrected chi connectivity index (χ4v) is 23.5. The molecule has 0 amide bonds. The van der Waals surface area contributed by atoms with Crippen LogP contribution in [0.15, 0.2) is 42.4 Å². The molecule has 9 aliphatic rings. The molecule has 0 radical (unpaired) electrons. The van der Waals surface area contributed by atoms with Crippen molar-refractivity contribution in [3.05, 3.63) is 42.4 Å². The van der Waals surface area contributed by atoms with Gasteiger partial charge in [0.15, 0.2) is 0 Å². The lowest BCUT2D eigenvalue weighted by molar-refractivity contribution is -0.170. The predicted octanol–water partition coefficient (Wildman–Crippen LogP) is 26.9. The Kier molecular flexibility index (Phi) is 38.8. The van der Waals surface area contributed by atoms with Gasteiger partial charge in [0.1, 0.15) is 0 Å². The average molecular weight is 1520 g/mol. The summed E-state index contributed by atoms with van der Waals surface area (Å²) in [5.74, 6) is 4.43. The molecule has 592 valence electrons. The number of ether oxygens (including phenoxy) is 4. The summed E-state index contributed by atoms with van der Waals surface area (Å²) < 4.78 is 30.1. The molecular formula is C92H148Cl4O8. The number of rotatable bonds is 46. The average Bonchev–Trinajstić information content (AvgIpc) is 0.762. The van der Waals surface area contributed by atoms with E-state index in [4.69, 9.17) is 65.4 Å². The molecule has 14 unspecified atom stereocenters. The van der Waals surface area contributed by atoms with Crippen LogP contribution >= 0.6 is 46.4 Å². The molecule has 104 heavy (non-hydrogen) atoms. The molecule has 0 bridgehead atoms. The minimum atomic E-state index is -0.317. The van der Waals surface area contributed by atoms with Crippen molar-refractivity contribution in [2.24, 2.45) is 82.9 Å². The molecule has 12 heteroatoms. The van der Waals surface area contributed by atoms with E-state index in [-0.39, 0.29) is 115 Å². The summed E-state index contributed by atoms with van der Waals surface area (Å²) in [6, 6.07) is 0. The summed E-state index contributed by atoms with van der Waals surface area (Å²) in [5.41, 5.74) is 1.69. The second-order valence-corrected chi connectivity index (χ2v) is 37.2. The van der Waals surface area contributed by atoms with Crippen LogP contribution in [-0.4, -0.2) is 74.0 Å². The van der Waals surface area contributed by atoms with Crippen molar-refractivity contribution in [2.45, 2.75) is 400 Å². The van der Waals surface area contributed by atoms with Crippen molar-refractivity contribution in [3.8, 4) is 0 Å². The van der Waals surface area contributed by atoms with Crippen molar-refractivity contribution in [2.75, 3.05) is 26.4 Å². The maximum Gasteiger partial charge on any atom is 0.202 e. The van der Waals surface area contributed by atoms with Gasteiger partial charge in [0.25, 0.3) is 0 Å². The van der Waals surface area contributed by atoms with Gasteiger partial charge in [0, 0.05) is 48.7 Å². The Balaban J connectivity index is 0.965. The number of carbonyl (C=O) groups excluding carboxylic acids is 4. The van der Waals surface area contributed by atoms with Gasteiger partial charge in [0.05, 0.1) is 44.5 Å². The minimum Gasteiger partial charge on any atom is -0.378 e. The van der Waals surface area contributed by atoms with Gasteiger partial charge >= 0.3 is 0 Å². The number of hydrogen-bond acceptors (Lipinski definition) is 8. The van der Waals surface area contributed by atoms with Gasteiger partial charge in [-0.2, -0.15) is 0 Å². The highest BCUT2D eigenvalue weighted by Gasteiger charge is 2.53. The SMILES string of the molecule is CCCCCCCCCCOC1CC(C2CC(OCCCCCCCCCC)C(C3CCC(C4=C(Cl)C(=O)C(C5CCC6CC7CC(C)CCC7CC6C5)=C(Cl)C4=O)CC3)CC2OCCCCCCCCCC)C(OCCCCCCCCCC)CC1C1CCC(C2=C(Cl)C(=O)C(C)=C(Cl)C2=O)CC1. The fraction of sp³-hybridized carbons (Fsp3) is 0.870. The van der Waals surface area contributed by atoms with Crippen molar-refractivity contribution < 1.29 is 38.1 Å². The van der Waals surface area contributed by atoms with Gasteiger partial charge in [-0.3, -0.25) is 19.2 Å². The molecule has 0 aromatic rings. The van der Waals surface area contributed by atoms with Crippen LogP contribution in [-0.2, 0) is 38.1 Å². The van der Waals surface area contributed by atoms with E-state index < -0.39 is 0 Å². The third-order valence-electron chi connectivity index (χ3n) is 28.4. The Bertz CT molecular complexity index is 2730. The van der Waals surface area contributed by atoms with Crippen molar-refractivity contribution in [1.82, 2.24) is 0 Å². The molecule has 9 aliphatic carbocycles. The van der Waals surface area contributed by atoms with Crippen LogP contribution in [0.5, 0.6) is 0 Å². The Labute approximate surface area is 654 Å². The van der Waals surface area contributed by atoms with Crippen LogP contribution in [0.2, 0.25) is 0 Å². The van der Waals surface area contributed by atoms with E-state index in [9.17, 15) is 19.2 Å². The summed E-state index contributed by atoms with van der Waals surface area (Å²) in [6.45, 7) is 16.3. The number of unbranched alkanes of at least 4 members (excludes halogenated alkanes) is 28. The van der Waals surface area contributed by atoms with Gasteiger partial charge in [-0.15, -0.1) is 0 Å². The number of carbonyl (C=O) groups is 4. The van der Waals surface area contributed by atoms with Gasteiger partial charge in [0.2, 0.25) is 23.1 Å². The zero-order valence-corrected chi connectivity index (χ0v) is 69.8. The van der Waals surface area contributed by atoms with Crippen molar-refractivity contribution in [3.63, 3.8) is 0 Å². The molecule has 8 nitrogen and oxygen atoms in total. The van der Waals surface area contributed by atoms with Crippen LogP contribution in [0.1, 0.15) is 375 Å². The smallest absolute Gasteiger partial charge is 0.202 e. The van der Waals surface area contributed by atoms with E-state index in [2.05, 4.69) is 34.6 Å². The van der Waals surface area contributed by atoms with Gasteiger partial charge in [-0.1, -0.05) is 267 Å². The summed E-state index contributed by atoms with van der Waals surface area (Å²) in [5, 5.41) is 0.404. The highest BCUT2D eigenvalue weighted by Crippen LogP contribution is 2.57. The van der Waals surface area contributed by atoms with Crippen molar-refractivity contribution in [1.29, 1.82) is 0 Å². The van der Waals surface area contributed by atoms with E-state index >= 15 is 0 Å². The molecule has 0 heterocycles. The van der Waals surface area contributed by atoms with E-state index in [1.807, 2.05) is 0 Å². The van der Waals surface area contributed by atoms with Gasteiger partial charge < -0.3 is 18.9 Å². The Morgan fingerprint density at radius 1 is 0.269 bits per heavy atom. The normalized spacial score (nSPS) is 32.4. The second-order valence-electron chi connectivity index (χ2n) is 35.7. The molecule has 9 rings (SSSR count). The molecule has 0 spiro atoms. The van der Waals surface area contributed by atoms with E-state index in [0.717, 1.165) is 172 Å². The molecule has 7 fully saturated rings. The first kappa shape index (κ1) is 86.6. The predicted molar refractivity (Wildman–Crippen MR) is 433 cm³/mol. The molecule has 0 aliphatic heterocycles. The molecule has 0 N–H and O–H groups in total. The van der Waals surface area contributed by atoms with Crippen LogP contribution < -0.4 is 0 Å². The first-order chi connectivity index (χ1) is 50.7. The molecule has 0 saturated heterocycles. The highest BCUT2D eigenvalue weighted by atomic mass is 35.5. The summed E-state index contributed by atoms with van der Waals surface area (Å²) in [4.78, 5) is 56.9. The van der Waals surface area contributed by atoms with E-state index in [1.165, 1.54) is 212 Å². The van der Waals surface area contributed by atoms with Crippen molar-refractivity contribution >= 4 is 69.5 Å². The van der Waals surface area contributed by atoms with E-state index in [1.54, 1.807) is 6.92 Å². The quantitative estimate of drug-likeness (QED) is 0.0438. The molecular weight excluding hydrogens is 1370 g/mol. The zero-order chi connectivity index (χ0) is 73.7. The van der Waals surface area contributed by atoms with E-state index in [0.29, 0.717) is 34.5 Å². The number of ketones is 4. The molecule has 0 aromatic carbocycles. The van der Waals surface area contributed by atoms with Crippen LogP contribution in [0, 0.1) is 82.9 Å². The van der Waals surface area contributed by atoms with Gasteiger partial charge in [-0.05, 0) is 237 Å². The first-order valence-corrected chi connectivity index (χ1v) is 46.4. The summed E-state index contributed by atoms with van der Waals surface area (Å²) in [7, 11) is 0. The molecule has 14 atom stereocenters. The number of hydrogen-bond donors (Lipinski definition) is 0. The van der Waals surface area contributed by atoms with Crippen LogP contribution in [0.3, 0.4) is 0 Å². The van der Waals surface area contributed by atoms with Crippen LogP contribution in [0.4, 0.5) is 0 Å². The van der Waals surface area contributed by atoms with Crippen LogP contribution in [0.25, 0.3) is 0 Å². The third kappa shape index (κ3) is 24.8. The maximum atomic E-state index is 14.9. The summed E-state index contributed by atoms with van der Waals surface area (Å²) >= 11 is 28.0. The standard InChI is InChI=1S/C92H148Cl4O8/c1-7-11-15-19-23-27-31-35-51-101-78-61-76(80(103-53-37-33-29-25-21-17-13-9-3)59-74(78)65-41-45-67(46-42-65)82-86(94)89(97)64(6)85(93)90(82)98)77-62-79(102-52-36-32-28-24-20-16-12-8-2)75(60-81(77)104-54-38-34-30-26-22-18-14-10-4)66-43-47-68(48-44-66)83-87(95)92(100)84(88(96)91(83)99)71-50-49-70-56-72-55-63(5)39-40-69(72)57-73(70)58-71/h63,65-81H,7-62H2,1-6H3. The first-order valence-electron chi connectivity index (χ1n) is 44.9. The largest absolute Gasteiger partial charge is 0.378 e. The minimum absolute atomic E-state index is 0.000610. The lowest BCUT2D eigenvalue weighted by Gasteiger charge is -2.52. The fourth-order valence-electron chi connectivity index (χ4n) is 22.3. The highest BCUT2D eigenvalue weighted by molar-refractivity contribution is 6.57. The monoisotopic (exact) mass is 1520 g/mol. The summed E-state index contributed by atoms with van der Waals surface area (Å²) in [6.07, 6.45) is 60.6. The number of halogens is 4.